The van der Waals surface area contributed by atoms with Gasteiger partial charge >= 0.3 is 0 Å². The van der Waals surface area contributed by atoms with E-state index in [1.165, 1.54) is 0 Å². The van der Waals surface area contributed by atoms with Crippen LogP contribution in [-0.2, 0) is 0 Å². The molecular weight excluding hydrogens is 186 g/mol. The lowest BCUT2D eigenvalue weighted by molar-refractivity contribution is 0.578. The molecule has 0 atom stereocenters. The fourth-order valence-corrected chi connectivity index (χ4v) is 1.26. The molecule has 2 nitrogen and oxygen atoms in total. The summed E-state index contributed by atoms with van der Waals surface area (Å²) in [6, 6.07) is 3.68. The molecule has 0 aliphatic heterocycles. The van der Waals surface area contributed by atoms with E-state index in [-0.39, 0.29) is 0 Å². The summed E-state index contributed by atoms with van der Waals surface area (Å²) < 4.78 is 5.32. The summed E-state index contributed by atoms with van der Waals surface area (Å²) >= 11 is 5.80. The first-order chi connectivity index (χ1) is 6.27. The molecule has 2 aromatic heterocycles. The smallest absolute Gasteiger partial charge is 0.140 e. The molecule has 0 fully saturated rings. The summed E-state index contributed by atoms with van der Waals surface area (Å²) in [6.07, 6.45) is 1.63. The third-order valence-corrected chi connectivity index (χ3v) is 1.82. The van der Waals surface area contributed by atoms with Gasteiger partial charge in [0.05, 0.1) is 5.39 Å². The summed E-state index contributed by atoms with van der Waals surface area (Å²) in [5.41, 5.74) is 0.794. The number of halogens is 1. The highest BCUT2D eigenvalue weighted by Crippen LogP contribution is 2.23. The van der Waals surface area contributed by atoms with Crippen LogP contribution in [0.3, 0.4) is 0 Å². The lowest BCUT2D eigenvalue weighted by atomic mass is 10.3. The first kappa shape index (κ1) is 10.1. The van der Waals surface area contributed by atoms with Crippen molar-refractivity contribution in [2.24, 2.45) is 0 Å². The summed E-state index contributed by atoms with van der Waals surface area (Å²) in [5.74, 6) is 0.856. The van der Waals surface area contributed by atoms with Crippen LogP contribution >= 0.6 is 11.6 Å². The standard InChI is InChI=1S/C8H6ClNO.C2H6/c1-5-4-6-7(11-5)2-3-10-8(6)9;1-2/h2-4H,1H3;1-2H3. The van der Waals surface area contributed by atoms with Gasteiger partial charge in [0.2, 0.25) is 0 Å². The largest absolute Gasteiger partial charge is 0.461 e. The Labute approximate surface area is 82.5 Å². The highest BCUT2D eigenvalue weighted by molar-refractivity contribution is 6.34. The minimum Gasteiger partial charge on any atom is -0.461 e. The number of rotatable bonds is 0. The van der Waals surface area contributed by atoms with Gasteiger partial charge in [0.25, 0.3) is 0 Å². The van der Waals surface area contributed by atoms with Crippen LogP contribution < -0.4 is 0 Å². The summed E-state index contributed by atoms with van der Waals surface area (Å²) in [5, 5.41) is 1.38. The van der Waals surface area contributed by atoms with Crippen molar-refractivity contribution in [1.82, 2.24) is 4.98 Å². The van der Waals surface area contributed by atoms with E-state index in [4.69, 9.17) is 16.0 Å². The van der Waals surface area contributed by atoms with Crippen LogP contribution in [0.25, 0.3) is 11.0 Å². The minimum absolute atomic E-state index is 0.499. The summed E-state index contributed by atoms with van der Waals surface area (Å²) in [7, 11) is 0. The molecule has 0 aromatic carbocycles. The van der Waals surface area contributed by atoms with Crippen LogP contribution in [0.2, 0.25) is 5.15 Å². The van der Waals surface area contributed by atoms with Crippen LogP contribution in [0.4, 0.5) is 0 Å². The Kier molecular flexibility index (Phi) is 3.32. The van der Waals surface area contributed by atoms with Gasteiger partial charge in [-0.15, -0.1) is 0 Å². The van der Waals surface area contributed by atoms with Crippen LogP contribution in [0.15, 0.2) is 22.7 Å². The maximum absolute atomic E-state index is 5.80. The second kappa shape index (κ2) is 4.28. The van der Waals surface area contributed by atoms with Crippen molar-refractivity contribution in [3.05, 3.63) is 29.2 Å². The predicted octanol–water partition coefficient (Wildman–Crippen LogP) is 3.82. The van der Waals surface area contributed by atoms with E-state index < -0.39 is 0 Å². The first-order valence-corrected chi connectivity index (χ1v) is 4.66. The highest BCUT2D eigenvalue weighted by atomic mass is 35.5. The van der Waals surface area contributed by atoms with Gasteiger partial charge < -0.3 is 4.42 Å². The van der Waals surface area contributed by atoms with E-state index in [0.29, 0.717) is 5.15 Å². The van der Waals surface area contributed by atoms with Crippen LogP contribution in [0.5, 0.6) is 0 Å². The minimum atomic E-state index is 0.499. The molecular formula is C10H12ClNO. The van der Waals surface area contributed by atoms with E-state index >= 15 is 0 Å². The second-order valence-electron chi connectivity index (χ2n) is 2.37. The van der Waals surface area contributed by atoms with Crippen molar-refractivity contribution in [1.29, 1.82) is 0 Å². The lowest BCUT2D eigenvalue weighted by Gasteiger charge is -1.87. The van der Waals surface area contributed by atoms with Crippen molar-refractivity contribution in [2.45, 2.75) is 20.8 Å². The van der Waals surface area contributed by atoms with E-state index in [2.05, 4.69) is 4.98 Å². The third-order valence-electron chi connectivity index (χ3n) is 1.52. The van der Waals surface area contributed by atoms with Gasteiger partial charge in [0.1, 0.15) is 16.5 Å². The van der Waals surface area contributed by atoms with Crippen molar-refractivity contribution >= 4 is 22.6 Å². The molecule has 2 rings (SSSR count). The molecule has 0 spiro atoms. The number of hydrogen-bond acceptors (Lipinski definition) is 2. The molecule has 13 heavy (non-hydrogen) atoms. The Morgan fingerprint density at radius 1 is 1.38 bits per heavy atom. The van der Waals surface area contributed by atoms with Crippen molar-refractivity contribution in [2.75, 3.05) is 0 Å². The zero-order valence-electron chi connectivity index (χ0n) is 7.97. The Morgan fingerprint density at radius 2 is 2.08 bits per heavy atom. The van der Waals surface area contributed by atoms with Crippen LogP contribution in [-0.4, -0.2) is 4.98 Å². The molecule has 0 saturated heterocycles. The maximum atomic E-state index is 5.80. The molecule has 0 bridgehead atoms. The van der Waals surface area contributed by atoms with Gasteiger partial charge in [-0.3, -0.25) is 0 Å². The second-order valence-corrected chi connectivity index (χ2v) is 2.73. The molecule has 0 aliphatic carbocycles. The number of furan rings is 1. The number of aryl methyl sites for hydroxylation is 1. The molecule has 0 unspecified atom stereocenters. The van der Waals surface area contributed by atoms with Gasteiger partial charge in [-0.2, -0.15) is 0 Å². The highest BCUT2D eigenvalue weighted by Gasteiger charge is 2.03. The quantitative estimate of drug-likeness (QED) is 0.601. The van der Waals surface area contributed by atoms with Gasteiger partial charge in [-0.05, 0) is 19.1 Å². The monoisotopic (exact) mass is 197 g/mol. The SMILES string of the molecule is CC.Cc1cc2c(Cl)nccc2o1. The normalized spacial score (nSPS) is 9.54. The van der Waals surface area contributed by atoms with E-state index in [0.717, 1.165) is 16.7 Å². The maximum Gasteiger partial charge on any atom is 0.140 e. The van der Waals surface area contributed by atoms with Gasteiger partial charge in [0, 0.05) is 6.20 Å². The molecule has 3 heteroatoms. The van der Waals surface area contributed by atoms with Gasteiger partial charge in [-0.1, -0.05) is 25.4 Å². The van der Waals surface area contributed by atoms with E-state index in [9.17, 15) is 0 Å². The number of fused-ring (bicyclic) bond motifs is 1. The summed E-state index contributed by atoms with van der Waals surface area (Å²) in [4.78, 5) is 3.93. The average molecular weight is 198 g/mol. The zero-order chi connectivity index (χ0) is 9.84. The predicted molar refractivity (Wildman–Crippen MR) is 55.1 cm³/mol. The van der Waals surface area contributed by atoms with Crippen LogP contribution in [0, 0.1) is 6.92 Å². The van der Waals surface area contributed by atoms with Crippen molar-refractivity contribution < 1.29 is 4.42 Å². The summed E-state index contributed by atoms with van der Waals surface area (Å²) in [6.45, 7) is 5.89. The molecule has 0 N–H and O–H groups in total. The number of hydrogen-bond donors (Lipinski definition) is 0. The Balaban J connectivity index is 0.000000396. The third kappa shape index (κ3) is 2.01. The molecule has 2 aromatic rings. The molecule has 0 amide bonds. The Morgan fingerprint density at radius 3 is 2.69 bits per heavy atom. The Hall–Kier alpha value is -1.02. The number of nitrogens with zero attached hydrogens (tertiary/aromatic N) is 1. The van der Waals surface area contributed by atoms with Gasteiger partial charge in [-0.25, -0.2) is 4.98 Å². The Bertz CT molecular complexity index is 395. The fraction of sp³-hybridized carbons (Fsp3) is 0.300. The van der Waals surface area contributed by atoms with Crippen LogP contribution in [0.1, 0.15) is 19.6 Å². The van der Waals surface area contributed by atoms with Gasteiger partial charge in [0.15, 0.2) is 0 Å². The number of aromatic nitrogens is 1. The molecule has 0 radical (unpaired) electrons. The zero-order valence-corrected chi connectivity index (χ0v) is 8.72. The molecule has 2 heterocycles. The van der Waals surface area contributed by atoms with Crippen molar-refractivity contribution in [3.63, 3.8) is 0 Å². The van der Waals surface area contributed by atoms with Crippen molar-refractivity contribution in [3.8, 4) is 0 Å². The first-order valence-electron chi connectivity index (χ1n) is 4.28. The lowest BCUT2D eigenvalue weighted by Crippen LogP contribution is -1.71. The fourth-order valence-electron chi connectivity index (χ4n) is 1.06. The molecule has 0 aliphatic rings. The van der Waals surface area contributed by atoms with E-state index in [1.54, 1.807) is 12.3 Å². The number of pyridine rings is 1. The average Bonchev–Trinajstić information content (AvgIpc) is 2.51. The molecule has 70 valence electrons. The topological polar surface area (TPSA) is 26.0 Å². The van der Waals surface area contributed by atoms with E-state index in [1.807, 2.05) is 26.8 Å². The molecule has 0 saturated carbocycles.